The van der Waals surface area contributed by atoms with Crippen LogP contribution in [0.25, 0.3) is 11.3 Å². The number of phenols is 2. The van der Waals surface area contributed by atoms with Gasteiger partial charge in [0.05, 0.1) is 17.9 Å². The van der Waals surface area contributed by atoms with Crippen molar-refractivity contribution in [1.82, 2.24) is 9.78 Å². The summed E-state index contributed by atoms with van der Waals surface area (Å²) in [5.74, 6) is -0.0177. The van der Waals surface area contributed by atoms with E-state index in [1.54, 1.807) is 31.3 Å². The number of nitrogens with zero attached hydrogens (tertiary/aromatic N) is 4. The lowest BCUT2D eigenvalue weighted by Crippen LogP contribution is -2.18. The summed E-state index contributed by atoms with van der Waals surface area (Å²) in [4.78, 5) is 11.4. The van der Waals surface area contributed by atoms with Gasteiger partial charge in [0, 0.05) is 30.3 Å². The molecular formula is C18H16N4O3. The van der Waals surface area contributed by atoms with Crippen LogP contribution in [0.2, 0.25) is 0 Å². The maximum absolute atomic E-state index is 11.4. The molecule has 0 spiro atoms. The minimum Gasteiger partial charge on any atom is -0.508 e. The molecule has 25 heavy (non-hydrogen) atoms. The zero-order chi connectivity index (χ0) is 17.8. The Balaban J connectivity index is 1.71. The first-order valence-corrected chi connectivity index (χ1v) is 7.56. The van der Waals surface area contributed by atoms with E-state index in [-0.39, 0.29) is 23.6 Å². The molecule has 0 saturated heterocycles. The molecular weight excluding hydrogens is 320 g/mol. The molecule has 2 N–H and O–H groups in total. The van der Waals surface area contributed by atoms with Crippen LogP contribution in [0.1, 0.15) is 5.56 Å². The van der Waals surface area contributed by atoms with Gasteiger partial charge >= 0.3 is 0 Å². The summed E-state index contributed by atoms with van der Waals surface area (Å²) in [7, 11) is 1.60. The van der Waals surface area contributed by atoms with E-state index in [4.69, 9.17) is 0 Å². The van der Waals surface area contributed by atoms with Crippen molar-refractivity contribution in [2.24, 2.45) is 17.3 Å². The summed E-state index contributed by atoms with van der Waals surface area (Å²) in [6.07, 6.45) is 0. The molecule has 0 aliphatic rings. The van der Waals surface area contributed by atoms with Crippen molar-refractivity contribution >= 4 is 5.69 Å². The van der Waals surface area contributed by atoms with Gasteiger partial charge in [-0.2, -0.15) is 15.3 Å². The maximum Gasteiger partial charge on any atom is 0.266 e. The fourth-order valence-electron chi connectivity index (χ4n) is 2.23. The minimum absolute atomic E-state index is 0.000740. The third kappa shape index (κ3) is 3.89. The van der Waals surface area contributed by atoms with Gasteiger partial charge in [0.15, 0.2) is 0 Å². The van der Waals surface area contributed by atoms with Crippen molar-refractivity contribution in [2.45, 2.75) is 6.54 Å². The summed E-state index contributed by atoms with van der Waals surface area (Å²) in [5.41, 5.74) is 2.64. The zero-order valence-electron chi connectivity index (χ0n) is 13.5. The van der Waals surface area contributed by atoms with E-state index >= 15 is 0 Å². The number of aryl methyl sites for hydroxylation is 1. The molecule has 3 aromatic rings. The van der Waals surface area contributed by atoms with Gasteiger partial charge in [-0.15, -0.1) is 0 Å². The molecule has 0 fully saturated rings. The Kier molecular flexibility index (Phi) is 4.56. The van der Waals surface area contributed by atoms with Crippen LogP contribution >= 0.6 is 0 Å². The Morgan fingerprint density at radius 1 is 1.04 bits per heavy atom. The van der Waals surface area contributed by atoms with E-state index in [1.807, 2.05) is 12.1 Å². The lowest BCUT2D eigenvalue weighted by Gasteiger charge is -2.03. The van der Waals surface area contributed by atoms with Crippen molar-refractivity contribution in [2.75, 3.05) is 0 Å². The third-order valence-electron chi connectivity index (χ3n) is 3.62. The van der Waals surface area contributed by atoms with Crippen LogP contribution in [0.5, 0.6) is 11.5 Å². The van der Waals surface area contributed by atoms with Crippen LogP contribution in [-0.4, -0.2) is 20.0 Å². The van der Waals surface area contributed by atoms with Crippen molar-refractivity contribution < 1.29 is 10.2 Å². The van der Waals surface area contributed by atoms with Gasteiger partial charge in [0.1, 0.15) is 11.5 Å². The monoisotopic (exact) mass is 336 g/mol. The number of aromatic hydroxyl groups is 2. The summed E-state index contributed by atoms with van der Waals surface area (Å²) in [6.45, 7) is 0.205. The van der Waals surface area contributed by atoms with Gasteiger partial charge < -0.3 is 10.2 Å². The molecule has 0 radical (unpaired) electrons. The van der Waals surface area contributed by atoms with E-state index < -0.39 is 0 Å². The number of benzene rings is 2. The summed E-state index contributed by atoms with van der Waals surface area (Å²) in [6, 6.07) is 14.8. The number of aromatic nitrogens is 2. The SMILES string of the molecule is Cn1nc(-c2ccc(N=NCc3ccc(O)cc3O)cc2)ccc1=O. The third-order valence-corrected chi connectivity index (χ3v) is 3.62. The number of rotatable bonds is 4. The van der Waals surface area contributed by atoms with E-state index in [0.29, 0.717) is 16.9 Å². The lowest BCUT2D eigenvalue weighted by atomic mass is 10.1. The number of azo groups is 1. The maximum atomic E-state index is 11.4. The summed E-state index contributed by atoms with van der Waals surface area (Å²) in [5, 5.41) is 31.3. The molecule has 2 aromatic carbocycles. The Bertz CT molecular complexity index is 978. The topological polar surface area (TPSA) is 100 Å². The molecule has 0 bridgehead atoms. The molecule has 0 amide bonds. The Morgan fingerprint density at radius 2 is 1.80 bits per heavy atom. The first-order valence-electron chi connectivity index (χ1n) is 7.56. The fraction of sp³-hybridized carbons (Fsp3) is 0.111. The molecule has 126 valence electrons. The number of hydrogen-bond donors (Lipinski definition) is 2. The van der Waals surface area contributed by atoms with Gasteiger partial charge in [-0.05, 0) is 30.3 Å². The van der Waals surface area contributed by atoms with E-state index in [0.717, 1.165) is 5.56 Å². The average Bonchev–Trinajstić information content (AvgIpc) is 2.60. The normalized spacial score (nSPS) is 11.1. The van der Waals surface area contributed by atoms with Crippen LogP contribution in [0.4, 0.5) is 5.69 Å². The van der Waals surface area contributed by atoms with Crippen LogP contribution in [-0.2, 0) is 13.6 Å². The first kappa shape index (κ1) is 16.4. The first-order chi connectivity index (χ1) is 12.0. The van der Waals surface area contributed by atoms with Gasteiger partial charge in [-0.25, -0.2) is 4.68 Å². The fourth-order valence-corrected chi connectivity index (χ4v) is 2.23. The van der Waals surface area contributed by atoms with Crippen LogP contribution in [0.3, 0.4) is 0 Å². The molecule has 3 rings (SSSR count). The highest BCUT2D eigenvalue weighted by atomic mass is 16.3. The van der Waals surface area contributed by atoms with Crippen molar-refractivity contribution in [3.05, 3.63) is 70.5 Å². The van der Waals surface area contributed by atoms with Crippen molar-refractivity contribution in [1.29, 1.82) is 0 Å². The second-order valence-corrected chi connectivity index (χ2v) is 5.44. The van der Waals surface area contributed by atoms with E-state index in [2.05, 4.69) is 15.3 Å². The molecule has 1 aromatic heterocycles. The predicted octanol–water partition coefficient (Wildman–Crippen LogP) is 3.14. The predicted molar refractivity (Wildman–Crippen MR) is 92.9 cm³/mol. The van der Waals surface area contributed by atoms with Gasteiger partial charge in [0.25, 0.3) is 5.56 Å². The lowest BCUT2D eigenvalue weighted by molar-refractivity contribution is 0.446. The van der Waals surface area contributed by atoms with E-state index in [1.165, 1.54) is 22.9 Å². The Morgan fingerprint density at radius 3 is 2.48 bits per heavy atom. The van der Waals surface area contributed by atoms with Gasteiger partial charge in [-0.1, -0.05) is 12.1 Å². The average molecular weight is 336 g/mol. The zero-order valence-corrected chi connectivity index (χ0v) is 13.5. The van der Waals surface area contributed by atoms with Gasteiger partial charge in [0.2, 0.25) is 0 Å². The Hall–Kier alpha value is -3.48. The molecule has 0 atom stereocenters. The highest BCUT2D eigenvalue weighted by molar-refractivity contribution is 5.60. The molecule has 0 aliphatic carbocycles. The molecule has 7 nitrogen and oxygen atoms in total. The molecule has 7 heteroatoms. The summed E-state index contributed by atoms with van der Waals surface area (Å²) < 4.78 is 1.28. The van der Waals surface area contributed by atoms with Crippen LogP contribution in [0.15, 0.2) is 69.6 Å². The molecule has 0 unspecified atom stereocenters. The molecule has 0 aliphatic heterocycles. The number of phenolic OH excluding ortho intramolecular Hbond substituents is 2. The second kappa shape index (κ2) is 6.96. The molecule has 0 saturated carbocycles. The standard InChI is InChI=1S/C18H16N4O3/c1-22-18(25)9-8-16(21-22)12-2-5-14(6-3-12)20-19-11-13-4-7-15(23)10-17(13)24/h2-10,23-24H,11H2,1H3. The second-order valence-electron chi connectivity index (χ2n) is 5.44. The quantitative estimate of drug-likeness (QED) is 0.715. The van der Waals surface area contributed by atoms with E-state index in [9.17, 15) is 15.0 Å². The Labute approximate surface area is 143 Å². The summed E-state index contributed by atoms with van der Waals surface area (Å²) >= 11 is 0. The largest absolute Gasteiger partial charge is 0.508 e. The number of hydrogen-bond acceptors (Lipinski definition) is 6. The highest BCUT2D eigenvalue weighted by Gasteiger charge is 2.03. The highest BCUT2D eigenvalue weighted by Crippen LogP contribution is 2.24. The van der Waals surface area contributed by atoms with Crippen LogP contribution in [0, 0.1) is 0 Å². The molecule has 1 heterocycles. The van der Waals surface area contributed by atoms with Crippen molar-refractivity contribution in [3.63, 3.8) is 0 Å². The smallest absolute Gasteiger partial charge is 0.266 e. The van der Waals surface area contributed by atoms with Gasteiger partial charge in [-0.3, -0.25) is 4.79 Å². The van der Waals surface area contributed by atoms with Crippen LogP contribution < -0.4 is 5.56 Å². The van der Waals surface area contributed by atoms with Crippen molar-refractivity contribution in [3.8, 4) is 22.8 Å². The minimum atomic E-state index is -0.161.